The van der Waals surface area contributed by atoms with Crippen molar-refractivity contribution < 1.29 is 28.7 Å². The van der Waals surface area contributed by atoms with E-state index in [2.05, 4.69) is 5.32 Å². The van der Waals surface area contributed by atoms with E-state index in [9.17, 15) is 19.7 Å². The SMILES string of the molecule is CCCSC(=O)C(C)(C)CNC(=O)OCc1cc(OC)c(OC)cc1[N+](=O)[O-]. The lowest BCUT2D eigenvalue weighted by Gasteiger charge is -2.22. The zero-order valence-corrected chi connectivity index (χ0v) is 17.5. The molecule has 28 heavy (non-hydrogen) atoms. The largest absolute Gasteiger partial charge is 0.493 e. The van der Waals surface area contributed by atoms with Crippen molar-refractivity contribution in [3.05, 3.63) is 27.8 Å². The average molecular weight is 414 g/mol. The van der Waals surface area contributed by atoms with Gasteiger partial charge in [0.05, 0.1) is 36.2 Å². The summed E-state index contributed by atoms with van der Waals surface area (Å²) in [4.78, 5) is 34.8. The number of benzene rings is 1. The molecule has 0 aliphatic carbocycles. The lowest BCUT2D eigenvalue weighted by Crippen LogP contribution is -2.38. The van der Waals surface area contributed by atoms with Crippen LogP contribution < -0.4 is 14.8 Å². The van der Waals surface area contributed by atoms with E-state index in [0.29, 0.717) is 0 Å². The zero-order valence-electron chi connectivity index (χ0n) is 16.7. The molecule has 0 aromatic heterocycles. The van der Waals surface area contributed by atoms with Gasteiger partial charge in [0.1, 0.15) is 6.61 Å². The fourth-order valence-electron chi connectivity index (χ4n) is 2.15. The predicted molar refractivity (Wildman–Crippen MR) is 106 cm³/mol. The highest BCUT2D eigenvalue weighted by atomic mass is 32.2. The van der Waals surface area contributed by atoms with Crippen molar-refractivity contribution in [2.24, 2.45) is 5.41 Å². The van der Waals surface area contributed by atoms with E-state index >= 15 is 0 Å². The third-order valence-electron chi connectivity index (χ3n) is 3.80. The van der Waals surface area contributed by atoms with Crippen LogP contribution in [0.2, 0.25) is 0 Å². The summed E-state index contributed by atoms with van der Waals surface area (Å²) >= 11 is 1.23. The molecule has 0 spiro atoms. The fourth-order valence-corrected chi connectivity index (χ4v) is 3.00. The molecule has 156 valence electrons. The van der Waals surface area contributed by atoms with E-state index in [0.717, 1.165) is 12.2 Å². The van der Waals surface area contributed by atoms with E-state index in [1.807, 2.05) is 6.92 Å². The van der Waals surface area contributed by atoms with Gasteiger partial charge < -0.3 is 19.5 Å². The first-order valence-corrected chi connectivity index (χ1v) is 9.62. The number of nitrogens with zero attached hydrogens (tertiary/aromatic N) is 1. The number of rotatable bonds is 10. The summed E-state index contributed by atoms with van der Waals surface area (Å²) in [6.07, 6.45) is 0.108. The maximum absolute atomic E-state index is 12.1. The van der Waals surface area contributed by atoms with Gasteiger partial charge in [0, 0.05) is 12.3 Å². The van der Waals surface area contributed by atoms with Gasteiger partial charge in [-0.05, 0) is 12.5 Å². The lowest BCUT2D eigenvalue weighted by atomic mass is 9.96. The Morgan fingerprint density at radius 3 is 2.36 bits per heavy atom. The maximum Gasteiger partial charge on any atom is 0.407 e. The number of alkyl carbamates (subject to hydrolysis) is 1. The molecule has 0 atom stereocenters. The molecule has 0 unspecified atom stereocenters. The maximum atomic E-state index is 12.1. The quantitative estimate of drug-likeness (QED) is 0.456. The number of hydrogen-bond donors (Lipinski definition) is 1. The highest BCUT2D eigenvalue weighted by molar-refractivity contribution is 8.13. The number of ether oxygens (including phenoxy) is 3. The Labute approximate surface area is 168 Å². The van der Waals surface area contributed by atoms with Gasteiger partial charge in [0.15, 0.2) is 16.6 Å². The number of nitro groups is 1. The molecule has 0 aliphatic heterocycles. The van der Waals surface area contributed by atoms with E-state index in [1.165, 1.54) is 38.1 Å². The van der Waals surface area contributed by atoms with Crippen molar-refractivity contribution in [3.8, 4) is 11.5 Å². The number of thioether (sulfide) groups is 1. The highest BCUT2D eigenvalue weighted by Gasteiger charge is 2.28. The van der Waals surface area contributed by atoms with Crippen LogP contribution in [0.5, 0.6) is 11.5 Å². The number of nitrogens with one attached hydrogen (secondary N) is 1. The van der Waals surface area contributed by atoms with Crippen molar-refractivity contribution in [2.45, 2.75) is 33.8 Å². The van der Waals surface area contributed by atoms with Gasteiger partial charge in [-0.3, -0.25) is 14.9 Å². The average Bonchev–Trinajstić information content (AvgIpc) is 2.67. The molecule has 1 rings (SSSR count). The van der Waals surface area contributed by atoms with E-state index in [4.69, 9.17) is 14.2 Å². The van der Waals surface area contributed by atoms with Gasteiger partial charge >= 0.3 is 6.09 Å². The molecule has 1 aromatic rings. The summed E-state index contributed by atoms with van der Waals surface area (Å²) < 4.78 is 15.3. The molecular weight excluding hydrogens is 388 g/mol. The number of nitro benzene ring substituents is 1. The minimum Gasteiger partial charge on any atom is -0.493 e. The summed E-state index contributed by atoms with van der Waals surface area (Å²) in [5, 5.41) is 13.8. The van der Waals surface area contributed by atoms with Crippen molar-refractivity contribution in [1.29, 1.82) is 0 Å². The van der Waals surface area contributed by atoms with Gasteiger partial charge in [-0.2, -0.15) is 0 Å². The molecule has 9 nitrogen and oxygen atoms in total. The molecule has 0 saturated heterocycles. The van der Waals surface area contributed by atoms with Crippen LogP contribution in [0.25, 0.3) is 0 Å². The second-order valence-corrected chi connectivity index (χ2v) is 7.61. The van der Waals surface area contributed by atoms with E-state index < -0.39 is 16.4 Å². The van der Waals surface area contributed by atoms with Gasteiger partial charge in [-0.1, -0.05) is 32.5 Å². The van der Waals surface area contributed by atoms with Gasteiger partial charge in [0.2, 0.25) is 0 Å². The normalized spacial score (nSPS) is 10.9. The van der Waals surface area contributed by atoms with E-state index in [1.54, 1.807) is 13.8 Å². The van der Waals surface area contributed by atoms with Crippen molar-refractivity contribution in [2.75, 3.05) is 26.5 Å². The monoisotopic (exact) mass is 414 g/mol. The minimum atomic E-state index is -0.773. The standard InChI is InChI=1S/C18H26N2O7S/c1-6-7-28-16(21)18(2,3)11-19-17(22)27-10-12-8-14(25-4)15(26-5)9-13(12)20(23)24/h8-9H,6-7,10-11H2,1-5H3,(H,19,22). The third kappa shape index (κ3) is 6.59. The molecule has 0 radical (unpaired) electrons. The molecule has 0 aliphatic rings. The molecular formula is C18H26N2O7S. The van der Waals surface area contributed by atoms with Crippen LogP contribution in [0.3, 0.4) is 0 Å². The Hall–Kier alpha value is -2.49. The van der Waals surface area contributed by atoms with Crippen LogP contribution in [0.15, 0.2) is 12.1 Å². The summed E-state index contributed by atoms with van der Waals surface area (Å²) in [5.41, 5.74) is -0.850. The van der Waals surface area contributed by atoms with E-state index in [-0.39, 0.29) is 41.0 Å². The first-order chi connectivity index (χ1) is 13.2. The third-order valence-corrected chi connectivity index (χ3v) is 5.23. The highest BCUT2D eigenvalue weighted by Crippen LogP contribution is 2.34. The van der Waals surface area contributed by atoms with Crippen LogP contribution in [0, 0.1) is 15.5 Å². The minimum absolute atomic E-state index is 0.0230. The zero-order chi connectivity index (χ0) is 21.3. The van der Waals surface area contributed by atoms with Crippen molar-refractivity contribution >= 4 is 28.7 Å². The number of carbonyl (C=O) groups is 2. The van der Waals surface area contributed by atoms with Gasteiger partial charge in [0.25, 0.3) is 5.69 Å². The predicted octanol–water partition coefficient (Wildman–Crippen LogP) is 3.53. The van der Waals surface area contributed by atoms with Crippen LogP contribution in [-0.4, -0.2) is 42.6 Å². The van der Waals surface area contributed by atoms with Crippen LogP contribution in [0.4, 0.5) is 10.5 Å². The van der Waals surface area contributed by atoms with Gasteiger partial charge in [-0.25, -0.2) is 4.79 Å². The Balaban J connectivity index is 2.74. The molecule has 0 bridgehead atoms. The van der Waals surface area contributed by atoms with Crippen LogP contribution >= 0.6 is 11.8 Å². The number of methoxy groups -OCH3 is 2. The topological polar surface area (TPSA) is 117 Å². The van der Waals surface area contributed by atoms with Crippen LogP contribution in [-0.2, 0) is 16.1 Å². The second-order valence-electron chi connectivity index (χ2n) is 6.54. The molecule has 0 saturated carbocycles. The summed E-state index contributed by atoms with van der Waals surface area (Å²) in [6.45, 7) is 5.21. The molecule has 10 heteroatoms. The lowest BCUT2D eigenvalue weighted by molar-refractivity contribution is -0.385. The molecule has 0 fully saturated rings. The molecule has 1 amide bonds. The number of hydrogen-bond acceptors (Lipinski definition) is 8. The summed E-state index contributed by atoms with van der Waals surface area (Å²) in [5.74, 6) is 1.20. The first-order valence-electron chi connectivity index (χ1n) is 8.63. The Morgan fingerprint density at radius 1 is 1.21 bits per heavy atom. The smallest absolute Gasteiger partial charge is 0.407 e. The Morgan fingerprint density at radius 2 is 1.82 bits per heavy atom. The van der Waals surface area contributed by atoms with Crippen molar-refractivity contribution in [3.63, 3.8) is 0 Å². The second kappa shape index (κ2) is 10.7. The molecule has 1 aromatic carbocycles. The number of amides is 1. The molecule has 1 N–H and O–H groups in total. The number of carbonyl (C=O) groups excluding carboxylic acids is 2. The Bertz CT molecular complexity index is 722. The van der Waals surface area contributed by atoms with Gasteiger partial charge in [-0.15, -0.1) is 0 Å². The Kier molecular flexibility index (Phi) is 9.04. The molecule has 0 heterocycles. The first kappa shape index (κ1) is 23.5. The summed E-state index contributed by atoms with van der Waals surface area (Å²) in [6, 6.07) is 2.60. The fraction of sp³-hybridized carbons (Fsp3) is 0.556. The van der Waals surface area contributed by atoms with Crippen LogP contribution in [0.1, 0.15) is 32.8 Å². The van der Waals surface area contributed by atoms with Crippen molar-refractivity contribution in [1.82, 2.24) is 5.32 Å². The summed E-state index contributed by atoms with van der Waals surface area (Å²) in [7, 11) is 2.77.